The second-order valence-electron chi connectivity index (χ2n) is 6.01. The van der Waals surface area contributed by atoms with Crippen molar-refractivity contribution in [2.75, 3.05) is 6.54 Å². The van der Waals surface area contributed by atoms with Crippen LogP contribution in [0.1, 0.15) is 74.5 Å². The molecular formula is C17H25N. The molecule has 0 aromatic heterocycles. The van der Waals surface area contributed by atoms with Crippen LogP contribution in [0.2, 0.25) is 0 Å². The van der Waals surface area contributed by atoms with E-state index in [1.807, 2.05) is 0 Å². The van der Waals surface area contributed by atoms with Crippen LogP contribution in [-0.4, -0.2) is 6.54 Å². The highest BCUT2D eigenvalue weighted by molar-refractivity contribution is 5.29. The molecule has 0 amide bonds. The van der Waals surface area contributed by atoms with Crippen molar-refractivity contribution in [3.05, 3.63) is 35.4 Å². The van der Waals surface area contributed by atoms with Crippen molar-refractivity contribution in [2.45, 2.75) is 63.3 Å². The third-order valence-corrected chi connectivity index (χ3v) is 4.70. The average Bonchev–Trinajstić information content (AvgIpc) is 2.49. The summed E-state index contributed by atoms with van der Waals surface area (Å²) in [7, 11) is 0. The second-order valence-corrected chi connectivity index (χ2v) is 6.01. The van der Waals surface area contributed by atoms with Gasteiger partial charge in [0.25, 0.3) is 0 Å². The number of benzene rings is 1. The summed E-state index contributed by atoms with van der Waals surface area (Å²) in [5, 5.41) is 3.67. The molecule has 1 saturated heterocycles. The minimum Gasteiger partial charge on any atom is -0.310 e. The Morgan fingerprint density at radius 3 is 2.39 bits per heavy atom. The van der Waals surface area contributed by atoms with Crippen molar-refractivity contribution in [1.82, 2.24) is 5.32 Å². The SMILES string of the molecule is c1cc(C2CCCCC2)cc(C2CCCCN2)c1. The van der Waals surface area contributed by atoms with E-state index in [-0.39, 0.29) is 0 Å². The predicted molar refractivity (Wildman–Crippen MR) is 76.9 cm³/mol. The van der Waals surface area contributed by atoms with Gasteiger partial charge in [-0.3, -0.25) is 0 Å². The van der Waals surface area contributed by atoms with Crippen LogP contribution in [0.4, 0.5) is 0 Å². The number of rotatable bonds is 2. The fraction of sp³-hybridized carbons (Fsp3) is 0.647. The number of hydrogen-bond acceptors (Lipinski definition) is 1. The molecule has 0 spiro atoms. The molecule has 3 rings (SSSR count). The Kier molecular flexibility index (Phi) is 3.99. The Morgan fingerprint density at radius 1 is 0.833 bits per heavy atom. The Balaban J connectivity index is 1.75. The first-order chi connectivity index (χ1) is 8.93. The maximum atomic E-state index is 3.67. The van der Waals surface area contributed by atoms with Gasteiger partial charge in [0.2, 0.25) is 0 Å². The molecule has 1 heteroatoms. The van der Waals surface area contributed by atoms with Crippen LogP contribution in [0.3, 0.4) is 0 Å². The lowest BCUT2D eigenvalue weighted by molar-refractivity contribution is 0.410. The summed E-state index contributed by atoms with van der Waals surface area (Å²) in [4.78, 5) is 0. The molecule has 1 unspecified atom stereocenters. The first-order valence-electron chi connectivity index (χ1n) is 7.77. The first-order valence-corrected chi connectivity index (χ1v) is 7.77. The quantitative estimate of drug-likeness (QED) is 0.803. The van der Waals surface area contributed by atoms with Gasteiger partial charge in [-0.05, 0) is 49.3 Å². The lowest BCUT2D eigenvalue weighted by atomic mass is 9.83. The van der Waals surface area contributed by atoms with Crippen molar-refractivity contribution in [3.63, 3.8) is 0 Å². The molecule has 1 atom stereocenters. The topological polar surface area (TPSA) is 12.0 Å². The fourth-order valence-electron chi connectivity index (χ4n) is 3.60. The van der Waals surface area contributed by atoms with Crippen molar-refractivity contribution < 1.29 is 0 Å². The second kappa shape index (κ2) is 5.88. The molecule has 1 N–H and O–H groups in total. The van der Waals surface area contributed by atoms with E-state index in [1.54, 1.807) is 5.56 Å². The van der Waals surface area contributed by atoms with Gasteiger partial charge >= 0.3 is 0 Å². The van der Waals surface area contributed by atoms with Crippen LogP contribution >= 0.6 is 0 Å². The molecular weight excluding hydrogens is 218 g/mol. The summed E-state index contributed by atoms with van der Waals surface area (Å²) in [6.45, 7) is 1.19. The highest BCUT2D eigenvalue weighted by Gasteiger charge is 2.18. The van der Waals surface area contributed by atoms with E-state index in [1.165, 1.54) is 63.5 Å². The van der Waals surface area contributed by atoms with E-state index in [0.29, 0.717) is 6.04 Å². The van der Waals surface area contributed by atoms with Gasteiger partial charge in [-0.25, -0.2) is 0 Å². The predicted octanol–water partition coefficient (Wildman–Crippen LogP) is 4.55. The van der Waals surface area contributed by atoms with Crippen molar-refractivity contribution >= 4 is 0 Å². The van der Waals surface area contributed by atoms with E-state index in [4.69, 9.17) is 0 Å². The summed E-state index contributed by atoms with van der Waals surface area (Å²) in [5.74, 6) is 0.835. The van der Waals surface area contributed by atoms with Gasteiger partial charge in [-0.15, -0.1) is 0 Å². The maximum Gasteiger partial charge on any atom is 0.0320 e. The molecule has 1 aliphatic carbocycles. The molecule has 1 heterocycles. The normalized spacial score (nSPS) is 26.1. The smallest absolute Gasteiger partial charge is 0.0320 e. The molecule has 0 bridgehead atoms. The summed E-state index contributed by atoms with van der Waals surface area (Å²) >= 11 is 0. The van der Waals surface area contributed by atoms with Gasteiger partial charge in [-0.2, -0.15) is 0 Å². The zero-order valence-corrected chi connectivity index (χ0v) is 11.3. The molecule has 0 radical (unpaired) electrons. The van der Waals surface area contributed by atoms with Gasteiger partial charge in [0, 0.05) is 6.04 Å². The summed E-state index contributed by atoms with van der Waals surface area (Å²) in [5.41, 5.74) is 3.12. The largest absolute Gasteiger partial charge is 0.310 e. The van der Waals surface area contributed by atoms with E-state index in [2.05, 4.69) is 29.6 Å². The van der Waals surface area contributed by atoms with Crippen molar-refractivity contribution in [3.8, 4) is 0 Å². The molecule has 1 aliphatic heterocycles. The number of hydrogen-bond donors (Lipinski definition) is 1. The summed E-state index contributed by atoms with van der Waals surface area (Å²) in [6, 6.07) is 10.0. The first kappa shape index (κ1) is 12.2. The van der Waals surface area contributed by atoms with Gasteiger partial charge in [0.15, 0.2) is 0 Å². The molecule has 1 aromatic carbocycles. The lowest BCUT2D eigenvalue weighted by Crippen LogP contribution is -2.26. The van der Waals surface area contributed by atoms with Crippen molar-refractivity contribution in [1.29, 1.82) is 0 Å². The summed E-state index contributed by atoms with van der Waals surface area (Å²) in [6.07, 6.45) is 11.1. The molecule has 18 heavy (non-hydrogen) atoms. The molecule has 2 fully saturated rings. The van der Waals surface area contributed by atoms with Crippen molar-refractivity contribution in [2.24, 2.45) is 0 Å². The molecule has 1 nitrogen and oxygen atoms in total. The van der Waals surface area contributed by atoms with Crippen LogP contribution in [-0.2, 0) is 0 Å². The van der Waals surface area contributed by atoms with Gasteiger partial charge in [-0.1, -0.05) is 49.9 Å². The number of nitrogens with one attached hydrogen (secondary N) is 1. The van der Waals surface area contributed by atoms with E-state index in [9.17, 15) is 0 Å². The Hall–Kier alpha value is -0.820. The van der Waals surface area contributed by atoms with Gasteiger partial charge in [0.05, 0.1) is 0 Å². The highest BCUT2D eigenvalue weighted by Crippen LogP contribution is 2.34. The van der Waals surface area contributed by atoms with Crippen LogP contribution in [0, 0.1) is 0 Å². The highest BCUT2D eigenvalue weighted by atomic mass is 14.9. The molecule has 1 saturated carbocycles. The lowest BCUT2D eigenvalue weighted by Gasteiger charge is -2.26. The van der Waals surface area contributed by atoms with E-state index in [0.717, 1.165) is 5.92 Å². The maximum absolute atomic E-state index is 3.67. The molecule has 1 aromatic rings. The minimum atomic E-state index is 0.613. The van der Waals surface area contributed by atoms with Crippen LogP contribution < -0.4 is 5.32 Å². The Labute approximate surface area is 111 Å². The van der Waals surface area contributed by atoms with Gasteiger partial charge < -0.3 is 5.32 Å². The Morgan fingerprint density at radius 2 is 1.61 bits per heavy atom. The number of piperidine rings is 1. The van der Waals surface area contributed by atoms with Crippen LogP contribution in [0.15, 0.2) is 24.3 Å². The van der Waals surface area contributed by atoms with Crippen LogP contribution in [0.25, 0.3) is 0 Å². The minimum absolute atomic E-state index is 0.613. The Bertz CT molecular complexity index is 340. The standard InChI is InChI=1S/C17H25N/c1-2-7-14(8-3-1)15-9-6-10-16(13-15)17-11-4-5-12-18-17/h6,9-10,13-14,17-18H,1-5,7-8,11-12H2. The zero-order chi connectivity index (χ0) is 12.2. The average molecular weight is 243 g/mol. The zero-order valence-electron chi connectivity index (χ0n) is 11.3. The fourth-order valence-corrected chi connectivity index (χ4v) is 3.60. The van der Waals surface area contributed by atoms with Gasteiger partial charge in [0.1, 0.15) is 0 Å². The van der Waals surface area contributed by atoms with E-state index < -0.39 is 0 Å². The third kappa shape index (κ3) is 2.77. The monoisotopic (exact) mass is 243 g/mol. The third-order valence-electron chi connectivity index (χ3n) is 4.70. The molecule has 2 aliphatic rings. The summed E-state index contributed by atoms with van der Waals surface area (Å²) < 4.78 is 0. The van der Waals surface area contributed by atoms with E-state index >= 15 is 0 Å². The molecule has 98 valence electrons. The van der Waals surface area contributed by atoms with Crippen LogP contribution in [0.5, 0.6) is 0 Å².